The molecule has 1 aliphatic rings. The highest BCUT2D eigenvalue weighted by atomic mass is 16.5. The van der Waals surface area contributed by atoms with Crippen molar-refractivity contribution in [3.05, 3.63) is 59.4 Å². The largest absolute Gasteiger partial charge is 0.497 e. The number of nitrogens with zero attached hydrogens (tertiary/aromatic N) is 3. The molecule has 1 aromatic heterocycles. The van der Waals surface area contributed by atoms with Crippen LogP contribution in [0.4, 0.5) is 0 Å². The monoisotopic (exact) mass is 395 g/mol. The summed E-state index contributed by atoms with van der Waals surface area (Å²) in [5.74, 6) is 1.69. The molecule has 156 valence electrons. The first-order valence-corrected chi connectivity index (χ1v) is 10.4. The van der Waals surface area contributed by atoms with Crippen LogP contribution in [0.15, 0.2) is 47.6 Å². The van der Waals surface area contributed by atoms with Crippen molar-refractivity contribution in [1.82, 2.24) is 20.5 Å². The molecule has 0 aliphatic carbocycles. The summed E-state index contributed by atoms with van der Waals surface area (Å²) in [5.41, 5.74) is 3.52. The molecule has 1 fully saturated rings. The Bertz CT molecular complexity index is 784. The Kier molecular flexibility index (Phi) is 7.87. The summed E-state index contributed by atoms with van der Waals surface area (Å²) in [6.07, 6.45) is 5.68. The molecule has 1 aromatic carbocycles. The van der Waals surface area contributed by atoms with E-state index < -0.39 is 0 Å². The molecular weight excluding hydrogens is 362 g/mol. The van der Waals surface area contributed by atoms with Crippen molar-refractivity contribution in [2.45, 2.75) is 38.8 Å². The van der Waals surface area contributed by atoms with Gasteiger partial charge in [0.2, 0.25) is 0 Å². The molecule has 0 saturated carbocycles. The van der Waals surface area contributed by atoms with Crippen molar-refractivity contribution in [1.29, 1.82) is 0 Å². The van der Waals surface area contributed by atoms with Crippen LogP contribution in [0, 0.1) is 6.92 Å². The van der Waals surface area contributed by atoms with Gasteiger partial charge in [-0.2, -0.15) is 0 Å². The summed E-state index contributed by atoms with van der Waals surface area (Å²) in [6.45, 7) is 5.81. The summed E-state index contributed by atoms with van der Waals surface area (Å²) in [4.78, 5) is 11.4. The van der Waals surface area contributed by atoms with Gasteiger partial charge in [0.05, 0.1) is 25.4 Å². The van der Waals surface area contributed by atoms with Crippen molar-refractivity contribution in [2.75, 3.05) is 33.8 Å². The van der Waals surface area contributed by atoms with E-state index in [-0.39, 0.29) is 0 Å². The first-order chi connectivity index (χ1) is 14.2. The lowest BCUT2D eigenvalue weighted by molar-refractivity contribution is 0.164. The van der Waals surface area contributed by atoms with Crippen LogP contribution in [0.5, 0.6) is 5.75 Å². The fourth-order valence-corrected chi connectivity index (χ4v) is 3.80. The average molecular weight is 396 g/mol. The van der Waals surface area contributed by atoms with E-state index in [2.05, 4.69) is 50.6 Å². The molecule has 0 bridgehead atoms. The number of guanidine groups is 1. The quantitative estimate of drug-likeness (QED) is 0.556. The number of methoxy groups -OCH3 is 1. The van der Waals surface area contributed by atoms with Gasteiger partial charge in [-0.05, 0) is 62.2 Å². The molecule has 2 aromatic rings. The number of rotatable bonds is 7. The number of aryl methyl sites for hydroxylation is 1. The molecule has 0 amide bonds. The number of hydrogen-bond donors (Lipinski definition) is 2. The fraction of sp³-hybridized carbons (Fsp3) is 0.478. The van der Waals surface area contributed by atoms with Gasteiger partial charge in [-0.15, -0.1) is 0 Å². The zero-order chi connectivity index (χ0) is 20.5. The normalized spacial score (nSPS) is 16.3. The summed E-state index contributed by atoms with van der Waals surface area (Å²) < 4.78 is 5.33. The number of likely N-dealkylation sites (tertiary alicyclic amines) is 1. The molecule has 0 radical (unpaired) electrons. The molecule has 1 unspecified atom stereocenters. The van der Waals surface area contributed by atoms with Crippen LogP contribution in [0.2, 0.25) is 0 Å². The van der Waals surface area contributed by atoms with Crippen LogP contribution in [-0.4, -0.2) is 49.6 Å². The van der Waals surface area contributed by atoms with Crippen LogP contribution >= 0.6 is 0 Å². The van der Waals surface area contributed by atoms with Crippen molar-refractivity contribution in [3.63, 3.8) is 0 Å². The van der Waals surface area contributed by atoms with Gasteiger partial charge in [-0.1, -0.05) is 24.6 Å². The molecule has 6 heteroatoms. The Balaban J connectivity index is 1.65. The molecule has 1 saturated heterocycles. The lowest BCUT2D eigenvalue weighted by Gasteiger charge is -2.35. The number of hydrogen-bond acceptors (Lipinski definition) is 4. The Morgan fingerprint density at radius 1 is 1.14 bits per heavy atom. The van der Waals surface area contributed by atoms with Gasteiger partial charge in [0, 0.05) is 19.8 Å². The lowest BCUT2D eigenvalue weighted by atomic mass is 10.0. The fourth-order valence-electron chi connectivity index (χ4n) is 3.80. The highest BCUT2D eigenvalue weighted by Gasteiger charge is 2.22. The first kappa shape index (κ1) is 21.1. The van der Waals surface area contributed by atoms with Crippen molar-refractivity contribution < 1.29 is 4.74 Å². The van der Waals surface area contributed by atoms with Gasteiger partial charge >= 0.3 is 0 Å². The third kappa shape index (κ3) is 5.94. The predicted octanol–water partition coefficient (Wildman–Crippen LogP) is 3.29. The van der Waals surface area contributed by atoms with Crippen LogP contribution in [0.1, 0.15) is 42.1 Å². The van der Waals surface area contributed by atoms with Crippen molar-refractivity contribution in [3.8, 4) is 5.75 Å². The van der Waals surface area contributed by atoms with Gasteiger partial charge in [0.1, 0.15) is 5.75 Å². The van der Waals surface area contributed by atoms with Gasteiger partial charge < -0.3 is 15.4 Å². The smallest absolute Gasteiger partial charge is 0.191 e. The molecular formula is C23H33N5O. The SMILES string of the molecule is CN=C(NCc1ncccc1C)NCC(c1ccc(OC)cc1)N1CCCCC1. The maximum atomic E-state index is 5.33. The minimum absolute atomic E-state index is 0.302. The second-order valence-electron chi connectivity index (χ2n) is 7.46. The Hall–Kier alpha value is -2.60. The number of nitrogens with one attached hydrogen (secondary N) is 2. The van der Waals surface area contributed by atoms with E-state index in [0.29, 0.717) is 12.6 Å². The summed E-state index contributed by atoms with van der Waals surface area (Å²) in [5, 5.41) is 6.91. The van der Waals surface area contributed by atoms with Gasteiger partial charge in [-0.3, -0.25) is 14.9 Å². The van der Waals surface area contributed by atoms with E-state index in [9.17, 15) is 0 Å². The highest BCUT2D eigenvalue weighted by molar-refractivity contribution is 5.79. The zero-order valence-electron chi connectivity index (χ0n) is 17.8. The number of piperidine rings is 1. The average Bonchev–Trinajstić information content (AvgIpc) is 2.78. The van der Waals surface area contributed by atoms with Gasteiger partial charge in [-0.25, -0.2) is 0 Å². The van der Waals surface area contributed by atoms with Crippen molar-refractivity contribution >= 4 is 5.96 Å². The Morgan fingerprint density at radius 2 is 1.90 bits per heavy atom. The number of aliphatic imine (C=N–C) groups is 1. The minimum Gasteiger partial charge on any atom is -0.497 e. The second-order valence-corrected chi connectivity index (χ2v) is 7.46. The van der Waals surface area contributed by atoms with E-state index >= 15 is 0 Å². The minimum atomic E-state index is 0.302. The summed E-state index contributed by atoms with van der Waals surface area (Å²) >= 11 is 0. The molecule has 1 atom stereocenters. The lowest BCUT2D eigenvalue weighted by Crippen LogP contribution is -2.44. The molecule has 1 aliphatic heterocycles. The molecule has 3 rings (SSSR count). The van der Waals surface area contributed by atoms with E-state index in [1.807, 2.05) is 31.4 Å². The van der Waals surface area contributed by atoms with Gasteiger partial charge in [0.25, 0.3) is 0 Å². The van der Waals surface area contributed by atoms with Crippen molar-refractivity contribution in [2.24, 2.45) is 4.99 Å². The molecule has 0 spiro atoms. The molecule has 2 heterocycles. The standard InChI is InChI=1S/C23H33N5O/c1-18-8-7-13-25-21(18)16-26-23(24-2)27-17-22(28-14-5-4-6-15-28)19-9-11-20(29-3)12-10-19/h7-13,22H,4-6,14-17H2,1-3H3,(H2,24,26,27). The third-order valence-electron chi connectivity index (χ3n) is 5.56. The summed E-state index contributed by atoms with van der Waals surface area (Å²) in [7, 11) is 3.52. The zero-order valence-corrected chi connectivity index (χ0v) is 17.8. The molecule has 2 N–H and O–H groups in total. The number of benzene rings is 1. The maximum Gasteiger partial charge on any atom is 0.191 e. The first-order valence-electron chi connectivity index (χ1n) is 10.4. The molecule has 6 nitrogen and oxygen atoms in total. The van der Waals surface area contributed by atoms with Crippen LogP contribution < -0.4 is 15.4 Å². The number of pyridine rings is 1. The third-order valence-corrected chi connectivity index (χ3v) is 5.56. The van der Waals surface area contributed by atoms with Crippen LogP contribution in [0.25, 0.3) is 0 Å². The Labute approximate surface area is 174 Å². The van der Waals surface area contributed by atoms with Crippen LogP contribution in [0.3, 0.4) is 0 Å². The van der Waals surface area contributed by atoms with Gasteiger partial charge in [0.15, 0.2) is 5.96 Å². The van der Waals surface area contributed by atoms with Crippen LogP contribution in [-0.2, 0) is 6.54 Å². The second kappa shape index (κ2) is 10.8. The van der Waals surface area contributed by atoms with E-state index in [4.69, 9.17) is 4.74 Å². The predicted molar refractivity (Wildman–Crippen MR) is 118 cm³/mol. The topological polar surface area (TPSA) is 61.8 Å². The van der Waals surface area contributed by atoms with E-state index in [0.717, 1.165) is 37.0 Å². The molecule has 29 heavy (non-hydrogen) atoms. The number of ether oxygens (including phenoxy) is 1. The summed E-state index contributed by atoms with van der Waals surface area (Å²) in [6, 6.07) is 12.8. The maximum absolute atomic E-state index is 5.33. The number of aromatic nitrogens is 1. The Morgan fingerprint density at radius 3 is 2.55 bits per heavy atom. The van der Waals surface area contributed by atoms with E-state index in [1.54, 1.807) is 7.11 Å². The van der Waals surface area contributed by atoms with E-state index in [1.165, 1.54) is 30.4 Å². The highest BCUT2D eigenvalue weighted by Crippen LogP contribution is 2.25.